The summed E-state index contributed by atoms with van der Waals surface area (Å²) in [5.41, 5.74) is -1.47. The molecule has 0 radical (unpaired) electrons. The van der Waals surface area contributed by atoms with Crippen LogP contribution < -0.4 is 5.56 Å². The minimum atomic E-state index is -4.02. The van der Waals surface area contributed by atoms with Crippen molar-refractivity contribution in [1.82, 2.24) is 4.57 Å². The Morgan fingerprint density at radius 3 is 2.31 bits per heavy atom. The molecule has 26 heavy (non-hydrogen) atoms. The molecule has 1 aromatic heterocycles. The van der Waals surface area contributed by atoms with Gasteiger partial charge in [0, 0.05) is 19.0 Å². The molecule has 140 valence electrons. The van der Waals surface area contributed by atoms with Crippen LogP contribution in [0, 0.1) is 11.6 Å². The third-order valence-corrected chi connectivity index (χ3v) is 6.35. The lowest BCUT2D eigenvalue weighted by Crippen LogP contribution is -2.44. The molecule has 1 heterocycles. The third-order valence-electron chi connectivity index (χ3n) is 4.34. The predicted molar refractivity (Wildman–Crippen MR) is 91.6 cm³/mol. The second-order valence-electron chi connectivity index (χ2n) is 6.09. The van der Waals surface area contributed by atoms with Crippen molar-refractivity contribution in [2.24, 2.45) is 0 Å². The van der Waals surface area contributed by atoms with Gasteiger partial charge in [0.05, 0.1) is 5.56 Å². The van der Waals surface area contributed by atoms with Gasteiger partial charge in [0.25, 0.3) is 5.56 Å². The first-order valence-corrected chi connectivity index (χ1v) is 9.45. The van der Waals surface area contributed by atoms with Gasteiger partial charge in [-0.25, -0.2) is 17.2 Å². The fourth-order valence-corrected chi connectivity index (χ4v) is 3.20. The largest absolute Gasteiger partial charge is 0.480 e. The van der Waals surface area contributed by atoms with Gasteiger partial charge in [-0.15, -0.1) is 0 Å². The molecule has 0 bridgehead atoms. The summed E-state index contributed by atoms with van der Waals surface area (Å²) in [5, 5.41) is 9.20. The highest BCUT2D eigenvalue weighted by Gasteiger charge is 2.43. The van der Waals surface area contributed by atoms with E-state index in [0.29, 0.717) is 4.57 Å². The van der Waals surface area contributed by atoms with Crippen LogP contribution in [0.4, 0.5) is 8.78 Å². The molecule has 0 aliphatic rings. The van der Waals surface area contributed by atoms with Crippen LogP contribution in [-0.4, -0.2) is 35.1 Å². The number of hydrogen-bond donors (Lipinski definition) is 1. The van der Waals surface area contributed by atoms with Crippen molar-refractivity contribution in [3.8, 4) is 11.1 Å². The zero-order valence-electron chi connectivity index (χ0n) is 14.1. The highest BCUT2D eigenvalue weighted by atomic mass is 32.2. The van der Waals surface area contributed by atoms with Crippen LogP contribution in [0.5, 0.6) is 0 Å². The first-order chi connectivity index (χ1) is 12.0. The van der Waals surface area contributed by atoms with E-state index in [1.165, 1.54) is 12.1 Å². The van der Waals surface area contributed by atoms with E-state index in [1.54, 1.807) is 18.2 Å². The number of carboxylic acid groups (broad SMARTS) is 1. The number of aromatic nitrogens is 1. The Morgan fingerprint density at radius 2 is 1.81 bits per heavy atom. The van der Waals surface area contributed by atoms with Crippen molar-refractivity contribution in [2.75, 3.05) is 6.26 Å². The highest BCUT2D eigenvalue weighted by molar-refractivity contribution is 7.92. The number of pyridine rings is 1. The van der Waals surface area contributed by atoms with Crippen molar-refractivity contribution in [1.29, 1.82) is 0 Å². The maximum absolute atomic E-state index is 14.4. The molecule has 6 nitrogen and oxygen atoms in total. The Bertz CT molecular complexity index is 1000. The number of carbonyl (C=O) groups is 1. The van der Waals surface area contributed by atoms with Crippen molar-refractivity contribution >= 4 is 15.8 Å². The Balaban J connectivity index is 2.45. The van der Waals surface area contributed by atoms with E-state index in [1.807, 2.05) is 0 Å². The molecule has 2 aromatic rings. The van der Waals surface area contributed by atoms with Crippen molar-refractivity contribution < 1.29 is 27.1 Å². The minimum Gasteiger partial charge on any atom is -0.480 e. The zero-order valence-corrected chi connectivity index (χ0v) is 14.9. The molecule has 1 N–H and O–H groups in total. The van der Waals surface area contributed by atoms with Crippen LogP contribution in [0.2, 0.25) is 0 Å². The number of hydrogen-bond acceptors (Lipinski definition) is 4. The maximum Gasteiger partial charge on any atom is 0.324 e. The van der Waals surface area contributed by atoms with Crippen LogP contribution in [0.1, 0.15) is 13.3 Å². The van der Waals surface area contributed by atoms with Crippen LogP contribution in [0.25, 0.3) is 11.1 Å². The van der Waals surface area contributed by atoms with Crippen molar-refractivity contribution in [3.63, 3.8) is 0 Å². The smallest absolute Gasteiger partial charge is 0.324 e. The fraction of sp³-hybridized carbons (Fsp3) is 0.294. The van der Waals surface area contributed by atoms with Gasteiger partial charge >= 0.3 is 5.97 Å². The molecule has 0 saturated carbocycles. The number of halogens is 2. The number of aryl methyl sites for hydroxylation is 1. The number of rotatable bonds is 6. The number of aliphatic carboxylic acids is 1. The van der Waals surface area contributed by atoms with Gasteiger partial charge in [0.2, 0.25) is 0 Å². The van der Waals surface area contributed by atoms with Gasteiger partial charge < -0.3 is 9.67 Å². The monoisotopic (exact) mass is 385 g/mol. The van der Waals surface area contributed by atoms with Gasteiger partial charge in [0.15, 0.2) is 20.4 Å². The van der Waals surface area contributed by atoms with Gasteiger partial charge in [-0.1, -0.05) is 30.3 Å². The summed E-state index contributed by atoms with van der Waals surface area (Å²) in [5.74, 6) is -3.94. The van der Waals surface area contributed by atoms with Gasteiger partial charge in [-0.3, -0.25) is 9.59 Å². The fourth-order valence-electron chi connectivity index (χ4n) is 2.42. The number of carboxylic acids is 1. The first kappa shape index (κ1) is 19.8. The lowest BCUT2D eigenvalue weighted by molar-refractivity contribution is -0.139. The van der Waals surface area contributed by atoms with Crippen LogP contribution in [0.15, 0.2) is 41.3 Å². The topological polar surface area (TPSA) is 93.4 Å². The summed E-state index contributed by atoms with van der Waals surface area (Å²) in [6.45, 7) is 0.512. The van der Waals surface area contributed by atoms with Crippen LogP contribution in [-0.2, 0) is 21.2 Å². The second-order valence-corrected chi connectivity index (χ2v) is 8.53. The highest BCUT2D eigenvalue weighted by Crippen LogP contribution is 2.25. The molecule has 0 saturated heterocycles. The Kier molecular flexibility index (Phi) is 5.31. The number of sulfone groups is 1. The van der Waals surface area contributed by atoms with E-state index in [4.69, 9.17) is 0 Å². The quantitative estimate of drug-likeness (QED) is 0.822. The summed E-state index contributed by atoms with van der Waals surface area (Å²) < 4.78 is 50.7. The molecule has 1 atom stereocenters. The summed E-state index contributed by atoms with van der Waals surface area (Å²) in [6.07, 6.45) is 0.979. The maximum atomic E-state index is 14.4. The number of nitrogens with zero attached hydrogens (tertiary/aromatic N) is 1. The lowest BCUT2D eigenvalue weighted by Gasteiger charge is -2.23. The van der Waals surface area contributed by atoms with Gasteiger partial charge in [0.1, 0.15) is 5.82 Å². The summed E-state index contributed by atoms with van der Waals surface area (Å²) in [7, 11) is -4.02. The standard InChI is InChI=1S/C17H17F2NO5S/c1-17(16(22)23,26(2,24)25)8-9-20-10-12(18)13(14(19)15(20)21)11-6-4-3-5-7-11/h3-7,10H,8-9H2,1-2H3,(H,22,23)/t17-/m1/s1. The second kappa shape index (κ2) is 6.99. The van der Waals surface area contributed by atoms with Gasteiger partial charge in [-0.2, -0.15) is 0 Å². The molecule has 1 aromatic carbocycles. The molecule has 0 fully saturated rings. The van der Waals surface area contributed by atoms with Crippen molar-refractivity contribution in [2.45, 2.75) is 24.6 Å². The molecular formula is C17H17F2NO5S. The number of benzene rings is 1. The predicted octanol–water partition coefficient (Wildman–Crippen LogP) is 2.07. The molecule has 0 unspecified atom stereocenters. The molecule has 0 aliphatic carbocycles. The average molecular weight is 385 g/mol. The van der Waals surface area contributed by atoms with Crippen LogP contribution in [0.3, 0.4) is 0 Å². The zero-order chi connectivity index (χ0) is 19.7. The van der Waals surface area contributed by atoms with Crippen LogP contribution >= 0.6 is 0 Å². The average Bonchev–Trinajstić information content (AvgIpc) is 2.56. The Labute approximate surface area is 148 Å². The molecule has 0 spiro atoms. The van der Waals surface area contributed by atoms with E-state index in [2.05, 4.69) is 0 Å². The SMILES string of the molecule is C[C@@](CCn1cc(F)c(-c2ccccc2)c(F)c1=O)(C(=O)O)S(C)(=O)=O. The minimum absolute atomic E-state index is 0.179. The summed E-state index contributed by atoms with van der Waals surface area (Å²) >= 11 is 0. The first-order valence-electron chi connectivity index (χ1n) is 7.56. The van der Waals surface area contributed by atoms with E-state index in [-0.39, 0.29) is 5.56 Å². The molecule has 0 amide bonds. The Hall–Kier alpha value is -2.55. The van der Waals surface area contributed by atoms with E-state index in [9.17, 15) is 31.9 Å². The van der Waals surface area contributed by atoms with E-state index < -0.39 is 56.3 Å². The third kappa shape index (κ3) is 3.52. The van der Waals surface area contributed by atoms with E-state index in [0.717, 1.165) is 19.4 Å². The van der Waals surface area contributed by atoms with Gasteiger partial charge in [-0.05, 0) is 18.9 Å². The molecule has 9 heteroatoms. The van der Waals surface area contributed by atoms with E-state index >= 15 is 0 Å². The summed E-state index contributed by atoms with van der Waals surface area (Å²) in [6, 6.07) is 7.65. The van der Waals surface area contributed by atoms with Crippen molar-refractivity contribution in [3.05, 3.63) is 58.5 Å². The molecule has 2 rings (SSSR count). The Morgan fingerprint density at radius 1 is 1.23 bits per heavy atom. The molecule has 0 aliphatic heterocycles. The molecular weight excluding hydrogens is 368 g/mol. The summed E-state index contributed by atoms with van der Waals surface area (Å²) in [4.78, 5) is 23.5. The lowest BCUT2D eigenvalue weighted by atomic mass is 10.1. The normalized spacial score (nSPS) is 14.0.